The van der Waals surface area contributed by atoms with Crippen LogP contribution < -0.4 is 4.74 Å². The van der Waals surface area contributed by atoms with Crippen LogP contribution in [0.3, 0.4) is 0 Å². The molecule has 0 saturated heterocycles. The number of aromatic hydroxyl groups is 1. The number of carboxylic acid groups (broad SMARTS) is 1. The van der Waals surface area contributed by atoms with E-state index in [1.54, 1.807) is 6.07 Å². The van der Waals surface area contributed by atoms with Crippen LogP contribution in [0.25, 0.3) is 11.1 Å². The van der Waals surface area contributed by atoms with E-state index in [0.29, 0.717) is 32.0 Å². The quantitative estimate of drug-likeness (QED) is 0.903. The second-order valence-electron chi connectivity index (χ2n) is 6.07. The van der Waals surface area contributed by atoms with Crippen molar-refractivity contribution in [1.82, 2.24) is 4.90 Å². The highest BCUT2D eigenvalue weighted by Gasteiger charge is 2.20. The smallest absolute Gasteiger partial charge is 0.304 e. The first kappa shape index (κ1) is 16.3. The molecule has 1 heterocycles. The maximum atomic E-state index is 10.8. The molecule has 0 atom stereocenters. The summed E-state index contributed by atoms with van der Waals surface area (Å²) in [4.78, 5) is 12.8. The number of carboxylic acids is 1. The molecular formula is C19H21NO4. The van der Waals surface area contributed by atoms with Crippen molar-refractivity contribution in [1.29, 1.82) is 0 Å². The molecule has 0 saturated carbocycles. The molecule has 1 aliphatic rings. The van der Waals surface area contributed by atoms with Crippen molar-refractivity contribution in [3.05, 3.63) is 47.5 Å². The maximum Gasteiger partial charge on any atom is 0.304 e. The molecule has 0 unspecified atom stereocenters. The molecule has 3 rings (SSSR count). The average Bonchev–Trinajstić information content (AvgIpc) is 2.75. The number of benzene rings is 2. The summed E-state index contributed by atoms with van der Waals surface area (Å²) < 4.78 is 5.70. The Labute approximate surface area is 141 Å². The topological polar surface area (TPSA) is 70.0 Å². The number of fused-ring (bicyclic) bond motifs is 1. The van der Waals surface area contributed by atoms with Gasteiger partial charge in [-0.15, -0.1) is 0 Å². The van der Waals surface area contributed by atoms with E-state index in [4.69, 9.17) is 9.84 Å². The SMILES string of the molecule is Cc1ccccc1-c1cc(O)c2c(c1)CN(CCC(=O)O)CCO2. The molecule has 24 heavy (non-hydrogen) atoms. The summed E-state index contributed by atoms with van der Waals surface area (Å²) >= 11 is 0. The Morgan fingerprint density at radius 1 is 1.29 bits per heavy atom. The molecule has 5 nitrogen and oxygen atoms in total. The fourth-order valence-electron chi connectivity index (χ4n) is 3.05. The highest BCUT2D eigenvalue weighted by atomic mass is 16.5. The Bertz CT molecular complexity index is 757. The number of hydrogen-bond donors (Lipinski definition) is 2. The molecule has 0 aliphatic carbocycles. The molecule has 2 N–H and O–H groups in total. The molecule has 2 aromatic carbocycles. The predicted molar refractivity (Wildman–Crippen MR) is 91.3 cm³/mol. The molecule has 2 aromatic rings. The van der Waals surface area contributed by atoms with Gasteiger partial charge in [-0.3, -0.25) is 9.69 Å². The van der Waals surface area contributed by atoms with E-state index < -0.39 is 5.97 Å². The fourth-order valence-corrected chi connectivity index (χ4v) is 3.05. The van der Waals surface area contributed by atoms with Gasteiger partial charge in [-0.25, -0.2) is 0 Å². The van der Waals surface area contributed by atoms with Crippen molar-refractivity contribution >= 4 is 5.97 Å². The lowest BCUT2D eigenvalue weighted by Gasteiger charge is -2.18. The first-order chi connectivity index (χ1) is 11.5. The highest BCUT2D eigenvalue weighted by molar-refractivity contribution is 5.71. The lowest BCUT2D eigenvalue weighted by molar-refractivity contribution is -0.137. The van der Waals surface area contributed by atoms with Crippen molar-refractivity contribution in [2.24, 2.45) is 0 Å². The Morgan fingerprint density at radius 2 is 2.08 bits per heavy atom. The Morgan fingerprint density at radius 3 is 2.83 bits per heavy atom. The maximum absolute atomic E-state index is 10.8. The average molecular weight is 327 g/mol. The number of nitrogens with zero attached hydrogens (tertiary/aromatic N) is 1. The van der Waals surface area contributed by atoms with E-state index in [-0.39, 0.29) is 12.2 Å². The molecule has 0 amide bonds. The minimum atomic E-state index is -0.808. The van der Waals surface area contributed by atoms with Gasteiger partial charge in [0.1, 0.15) is 6.61 Å². The summed E-state index contributed by atoms with van der Waals surface area (Å²) in [7, 11) is 0. The lowest BCUT2D eigenvalue weighted by Crippen LogP contribution is -2.28. The van der Waals surface area contributed by atoms with Gasteiger partial charge >= 0.3 is 5.97 Å². The number of carbonyl (C=O) groups is 1. The van der Waals surface area contributed by atoms with Gasteiger partial charge in [0.05, 0.1) is 6.42 Å². The molecule has 0 fully saturated rings. The third-order valence-electron chi connectivity index (χ3n) is 4.29. The van der Waals surface area contributed by atoms with Gasteiger partial charge in [0.25, 0.3) is 0 Å². The molecular weight excluding hydrogens is 306 g/mol. The normalized spacial score (nSPS) is 14.5. The van der Waals surface area contributed by atoms with Crippen LogP contribution in [-0.2, 0) is 11.3 Å². The molecule has 5 heteroatoms. The Hall–Kier alpha value is -2.53. The van der Waals surface area contributed by atoms with Crippen LogP contribution in [0.1, 0.15) is 17.5 Å². The minimum Gasteiger partial charge on any atom is -0.504 e. The number of hydrogen-bond acceptors (Lipinski definition) is 4. The monoisotopic (exact) mass is 327 g/mol. The van der Waals surface area contributed by atoms with Crippen LogP contribution >= 0.6 is 0 Å². The summed E-state index contributed by atoms with van der Waals surface area (Å²) in [5, 5.41) is 19.3. The number of aryl methyl sites for hydroxylation is 1. The zero-order valence-electron chi connectivity index (χ0n) is 13.7. The largest absolute Gasteiger partial charge is 0.504 e. The third-order valence-corrected chi connectivity index (χ3v) is 4.29. The number of phenolic OH excluding ortho intramolecular Hbond substituents is 1. The van der Waals surface area contributed by atoms with Gasteiger partial charge < -0.3 is 14.9 Å². The van der Waals surface area contributed by atoms with Crippen LogP contribution in [-0.4, -0.2) is 40.8 Å². The number of rotatable bonds is 4. The second kappa shape index (κ2) is 6.93. The van der Waals surface area contributed by atoms with Crippen molar-refractivity contribution in [3.63, 3.8) is 0 Å². The van der Waals surface area contributed by atoms with E-state index in [9.17, 15) is 9.90 Å². The van der Waals surface area contributed by atoms with E-state index in [1.807, 2.05) is 42.2 Å². The number of aliphatic carboxylic acids is 1. The van der Waals surface area contributed by atoms with Crippen LogP contribution in [0.2, 0.25) is 0 Å². The van der Waals surface area contributed by atoms with Crippen LogP contribution in [0, 0.1) is 6.92 Å². The summed E-state index contributed by atoms with van der Waals surface area (Å²) in [6.07, 6.45) is 0.0960. The van der Waals surface area contributed by atoms with E-state index >= 15 is 0 Å². The van der Waals surface area contributed by atoms with Crippen LogP contribution in [0.15, 0.2) is 36.4 Å². The standard InChI is InChI=1S/C19H21NO4/c1-13-4-2-3-5-16(13)14-10-15-12-20(7-6-18(22)23)8-9-24-19(15)17(21)11-14/h2-5,10-11,21H,6-9,12H2,1H3,(H,22,23). The molecule has 0 aromatic heterocycles. The number of phenols is 1. The predicted octanol–water partition coefficient (Wildman–Crippen LogP) is 3.04. The molecule has 0 spiro atoms. The van der Waals surface area contributed by atoms with Crippen LogP contribution in [0.4, 0.5) is 0 Å². The third kappa shape index (κ3) is 3.51. The van der Waals surface area contributed by atoms with Gasteiger partial charge in [-0.1, -0.05) is 24.3 Å². The van der Waals surface area contributed by atoms with Gasteiger partial charge in [-0.2, -0.15) is 0 Å². The fraction of sp³-hybridized carbons (Fsp3) is 0.316. The van der Waals surface area contributed by atoms with Crippen molar-refractivity contribution < 1.29 is 19.7 Å². The Balaban J connectivity index is 1.93. The van der Waals surface area contributed by atoms with Crippen molar-refractivity contribution in [2.75, 3.05) is 19.7 Å². The van der Waals surface area contributed by atoms with Gasteiger partial charge in [-0.05, 0) is 35.7 Å². The van der Waals surface area contributed by atoms with E-state index in [2.05, 4.69) is 0 Å². The summed E-state index contributed by atoms with van der Waals surface area (Å²) in [5.41, 5.74) is 4.02. The summed E-state index contributed by atoms with van der Waals surface area (Å²) in [5.74, 6) is -0.173. The van der Waals surface area contributed by atoms with E-state index in [0.717, 1.165) is 22.3 Å². The highest BCUT2D eigenvalue weighted by Crippen LogP contribution is 2.38. The van der Waals surface area contributed by atoms with Crippen molar-refractivity contribution in [2.45, 2.75) is 19.9 Å². The summed E-state index contributed by atoms with van der Waals surface area (Å²) in [6, 6.07) is 11.8. The first-order valence-electron chi connectivity index (χ1n) is 8.03. The van der Waals surface area contributed by atoms with Crippen molar-refractivity contribution in [3.8, 4) is 22.6 Å². The lowest BCUT2D eigenvalue weighted by atomic mass is 9.98. The van der Waals surface area contributed by atoms with Gasteiger partial charge in [0, 0.05) is 25.2 Å². The second-order valence-corrected chi connectivity index (χ2v) is 6.07. The Kier molecular flexibility index (Phi) is 4.71. The molecule has 126 valence electrons. The zero-order chi connectivity index (χ0) is 17.1. The van der Waals surface area contributed by atoms with E-state index in [1.165, 1.54) is 0 Å². The first-order valence-corrected chi connectivity index (χ1v) is 8.03. The zero-order valence-corrected chi connectivity index (χ0v) is 13.7. The van der Waals surface area contributed by atoms with Gasteiger partial charge in [0.15, 0.2) is 11.5 Å². The minimum absolute atomic E-state index is 0.0960. The molecule has 1 aliphatic heterocycles. The number of ether oxygens (including phenoxy) is 1. The molecule has 0 bridgehead atoms. The summed E-state index contributed by atoms with van der Waals surface area (Å²) in [6.45, 7) is 4.14. The van der Waals surface area contributed by atoms with Crippen LogP contribution in [0.5, 0.6) is 11.5 Å². The van der Waals surface area contributed by atoms with Gasteiger partial charge in [0.2, 0.25) is 0 Å². The molecule has 0 radical (unpaired) electrons.